The zero-order chi connectivity index (χ0) is 17.3. The molecular weight excluding hydrogens is 323 g/mol. The van der Waals surface area contributed by atoms with E-state index < -0.39 is 53.0 Å². The topological polar surface area (TPSA) is 46.5 Å². The largest absolute Gasteiger partial charge is 0.507 e. The van der Waals surface area contributed by atoms with Gasteiger partial charge in [0.25, 0.3) is 0 Å². The van der Waals surface area contributed by atoms with Crippen molar-refractivity contribution in [2.75, 3.05) is 0 Å². The normalized spacial score (nSPS) is 10.7. The molecule has 0 aliphatic heterocycles. The summed E-state index contributed by atoms with van der Waals surface area (Å²) in [5.74, 6) is -12.3. The lowest BCUT2D eigenvalue weighted by molar-refractivity contribution is 0.0458. The molecule has 0 radical (unpaired) electrons. The molecule has 0 unspecified atom stereocenters. The molecule has 2 aromatic carbocycles. The summed E-state index contributed by atoms with van der Waals surface area (Å²) in [4.78, 5) is 11.8. The van der Waals surface area contributed by atoms with Crippen LogP contribution in [0, 0.1) is 36.0 Å². The SMILES string of the molecule is Cc1cccc(C(=O)OCc2c(F)c(F)c(F)c(F)c2F)c1O. The highest BCUT2D eigenvalue weighted by Gasteiger charge is 2.26. The maximum Gasteiger partial charge on any atom is 0.342 e. The number of carbonyl (C=O) groups is 1. The molecule has 122 valence electrons. The zero-order valence-corrected chi connectivity index (χ0v) is 11.6. The maximum atomic E-state index is 13.4. The number of aromatic hydroxyl groups is 1. The number of phenols is 1. The number of esters is 1. The lowest BCUT2D eigenvalue weighted by atomic mass is 10.1. The van der Waals surface area contributed by atoms with Gasteiger partial charge in [-0.2, -0.15) is 0 Å². The third kappa shape index (κ3) is 2.96. The highest BCUT2D eigenvalue weighted by molar-refractivity contribution is 5.92. The van der Waals surface area contributed by atoms with Gasteiger partial charge in [-0.25, -0.2) is 26.7 Å². The number of ether oxygens (including phenoxy) is 1. The Hall–Kier alpha value is -2.64. The van der Waals surface area contributed by atoms with Crippen LogP contribution < -0.4 is 0 Å². The summed E-state index contributed by atoms with van der Waals surface area (Å²) in [5.41, 5.74) is -1.23. The van der Waals surface area contributed by atoms with Gasteiger partial charge in [-0.3, -0.25) is 0 Å². The van der Waals surface area contributed by atoms with Crippen molar-refractivity contribution in [1.82, 2.24) is 0 Å². The quantitative estimate of drug-likeness (QED) is 0.403. The van der Waals surface area contributed by atoms with Crippen LogP contribution in [0.3, 0.4) is 0 Å². The fourth-order valence-electron chi connectivity index (χ4n) is 1.82. The van der Waals surface area contributed by atoms with E-state index in [-0.39, 0.29) is 5.56 Å². The van der Waals surface area contributed by atoms with Crippen molar-refractivity contribution in [3.63, 3.8) is 0 Å². The van der Waals surface area contributed by atoms with Crippen molar-refractivity contribution < 1.29 is 36.6 Å². The predicted molar refractivity (Wildman–Crippen MR) is 68.2 cm³/mol. The van der Waals surface area contributed by atoms with Crippen LogP contribution in [0.5, 0.6) is 5.75 Å². The molecule has 0 bridgehead atoms. The van der Waals surface area contributed by atoms with Crippen LogP contribution in [-0.2, 0) is 11.3 Å². The van der Waals surface area contributed by atoms with Crippen LogP contribution in [0.1, 0.15) is 21.5 Å². The second kappa shape index (κ2) is 6.23. The van der Waals surface area contributed by atoms with Gasteiger partial charge in [0.15, 0.2) is 23.3 Å². The number of halogens is 5. The van der Waals surface area contributed by atoms with Crippen LogP contribution in [0.4, 0.5) is 22.0 Å². The van der Waals surface area contributed by atoms with Gasteiger partial charge in [-0.15, -0.1) is 0 Å². The standard InChI is InChI=1S/C15H9F5O3/c1-6-3-2-4-7(14(6)21)15(22)23-5-8-9(16)11(18)13(20)12(19)10(8)17/h2-4,21H,5H2,1H3. The van der Waals surface area contributed by atoms with Gasteiger partial charge >= 0.3 is 5.97 Å². The third-order valence-corrected chi connectivity index (χ3v) is 3.11. The number of hydrogen-bond acceptors (Lipinski definition) is 3. The average molecular weight is 332 g/mol. The predicted octanol–water partition coefficient (Wildman–Crippen LogP) is 3.75. The molecule has 23 heavy (non-hydrogen) atoms. The lowest BCUT2D eigenvalue weighted by Crippen LogP contribution is -2.12. The second-order valence-corrected chi connectivity index (χ2v) is 4.60. The molecule has 0 spiro atoms. The molecule has 0 aliphatic carbocycles. The monoisotopic (exact) mass is 332 g/mol. The highest BCUT2D eigenvalue weighted by atomic mass is 19.2. The Bertz CT molecular complexity index is 760. The van der Waals surface area contributed by atoms with Crippen molar-refractivity contribution >= 4 is 5.97 Å². The van der Waals surface area contributed by atoms with E-state index in [1.165, 1.54) is 25.1 Å². The molecule has 2 aromatic rings. The van der Waals surface area contributed by atoms with E-state index >= 15 is 0 Å². The minimum Gasteiger partial charge on any atom is -0.507 e. The minimum absolute atomic E-state index is 0.297. The Morgan fingerprint density at radius 1 is 1.00 bits per heavy atom. The number of hydrogen-bond donors (Lipinski definition) is 1. The molecule has 1 N–H and O–H groups in total. The maximum absolute atomic E-state index is 13.4. The zero-order valence-electron chi connectivity index (χ0n) is 11.6. The first-order valence-corrected chi connectivity index (χ1v) is 6.21. The summed E-state index contributed by atoms with van der Waals surface area (Å²) in [7, 11) is 0. The van der Waals surface area contributed by atoms with Crippen LogP contribution in [-0.4, -0.2) is 11.1 Å². The Morgan fingerprint density at radius 3 is 2.09 bits per heavy atom. The van der Waals surface area contributed by atoms with Crippen molar-refractivity contribution in [1.29, 1.82) is 0 Å². The summed E-state index contributed by atoms with van der Waals surface area (Å²) >= 11 is 0. The van der Waals surface area contributed by atoms with E-state index in [4.69, 9.17) is 0 Å². The van der Waals surface area contributed by atoms with Gasteiger partial charge in [-0.1, -0.05) is 12.1 Å². The second-order valence-electron chi connectivity index (χ2n) is 4.60. The smallest absolute Gasteiger partial charge is 0.342 e. The van der Waals surface area contributed by atoms with E-state index in [1.54, 1.807) is 0 Å². The van der Waals surface area contributed by atoms with Gasteiger partial charge < -0.3 is 9.84 Å². The molecule has 0 atom stereocenters. The van der Waals surface area contributed by atoms with E-state index in [1.807, 2.05) is 0 Å². The Morgan fingerprint density at radius 2 is 1.52 bits per heavy atom. The number of aryl methyl sites for hydroxylation is 1. The fourth-order valence-corrected chi connectivity index (χ4v) is 1.82. The van der Waals surface area contributed by atoms with E-state index in [0.29, 0.717) is 5.56 Å². The molecule has 0 saturated carbocycles. The lowest BCUT2D eigenvalue weighted by Gasteiger charge is -2.10. The summed E-state index contributed by atoms with van der Waals surface area (Å²) < 4.78 is 70.3. The number of benzene rings is 2. The van der Waals surface area contributed by atoms with Gasteiger partial charge in [0, 0.05) is 0 Å². The van der Waals surface area contributed by atoms with Crippen LogP contribution in [0.25, 0.3) is 0 Å². The van der Waals surface area contributed by atoms with Crippen LogP contribution in [0.15, 0.2) is 18.2 Å². The summed E-state index contributed by atoms with van der Waals surface area (Å²) in [6.45, 7) is 0.314. The van der Waals surface area contributed by atoms with Crippen molar-refractivity contribution in [2.24, 2.45) is 0 Å². The van der Waals surface area contributed by atoms with Crippen molar-refractivity contribution in [3.8, 4) is 5.75 Å². The first-order valence-electron chi connectivity index (χ1n) is 6.21. The van der Waals surface area contributed by atoms with Crippen LogP contribution >= 0.6 is 0 Å². The number of carbonyl (C=O) groups excluding carboxylic acids is 1. The van der Waals surface area contributed by atoms with Crippen molar-refractivity contribution in [3.05, 3.63) is 64.0 Å². The minimum atomic E-state index is -2.30. The Labute approximate surface area is 126 Å². The third-order valence-electron chi connectivity index (χ3n) is 3.11. The molecule has 0 aliphatic rings. The molecular formula is C15H9F5O3. The van der Waals surface area contributed by atoms with Crippen molar-refractivity contribution in [2.45, 2.75) is 13.5 Å². The van der Waals surface area contributed by atoms with Gasteiger partial charge in [0.1, 0.15) is 17.9 Å². The molecule has 2 rings (SSSR count). The Kier molecular flexibility index (Phi) is 4.53. The summed E-state index contributed by atoms with van der Waals surface area (Å²) in [5, 5.41) is 9.68. The first kappa shape index (κ1) is 16.7. The number of phenolic OH excluding ortho intramolecular Hbond substituents is 1. The molecule has 0 saturated heterocycles. The van der Waals surface area contributed by atoms with Gasteiger partial charge in [0.05, 0.1) is 5.56 Å². The molecule has 3 nitrogen and oxygen atoms in total. The van der Waals surface area contributed by atoms with E-state index in [9.17, 15) is 31.9 Å². The van der Waals surface area contributed by atoms with Gasteiger partial charge in [-0.05, 0) is 18.6 Å². The van der Waals surface area contributed by atoms with E-state index in [2.05, 4.69) is 4.74 Å². The Balaban J connectivity index is 2.28. The first-order chi connectivity index (χ1) is 10.8. The molecule has 0 amide bonds. The summed E-state index contributed by atoms with van der Waals surface area (Å²) in [6, 6.07) is 4.10. The number of rotatable bonds is 3. The average Bonchev–Trinajstić information content (AvgIpc) is 2.53. The molecule has 0 heterocycles. The van der Waals surface area contributed by atoms with E-state index in [0.717, 1.165) is 0 Å². The molecule has 0 aromatic heterocycles. The molecule has 0 fully saturated rings. The van der Waals surface area contributed by atoms with Crippen LogP contribution in [0.2, 0.25) is 0 Å². The summed E-state index contributed by atoms with van der Waals surface area (Å²) in [6.07, 6.45) is 0. The number of para-hydroxylation sites is 1. The highest BCUT2D eigenvalue weighted by Crippen LogP contribution is 2.25. The van der Waals surface area contributed by atoms with Gasteiger partial charge in [0.2, 0.25) is 5.82 Å². The fraction of sp³-hybridized carbons (Fsp3) is 0.133. The molecule has 8 heteroatoms.